The predicted molar refractivity (Wildman–Crippen MR) is 69.5 cm³/mol. The standard InChI is InChI=1S/C14H18N2O2/c1-11-13(10-17)14(16(2)15-11)18-9-8-12-6-4-3-5-7-12/h3-7,17H,8-10H2,1-2H3. The first-order valence-corrected chi connectivity index (χ1v) is 6.02. The number of rotatable bonds is 5. The molecule has 1 aromatic heterocycles. The van der Waals surface area contributed by atoms with Crippen molar-refractivity contribution in [3.63, 3.8) is 0 Å². The summed E-state index contributed by atoms with van der Waals surface area (Å²) in [6.45, 7) is 2.41. The summed E-state index contributed by atoms with van der Waals surface area (Å²) in [5.74, 6) is 0.658. The highest BCUT2D eigenvalue weighted by molar-refractivity contribution is 5.30. The van der Waals surface area contributed by atoms with E-state index in [2.05, 4.69) is 17.2 Å². The van der Waals surface area contributed by atoms with Crippen molar-refractivity contribution in [2.24, 2.45) is 7.05 Å². The minimum Gasteiger partial charge on any atom is -0.477 e. The minimum absolute atomic E-state index is 0.0413. The third kappa shape index (κ3) is 2.71. The van der Waals surface area contributed by atoms with Crippen LogP contribution in [0, 0.1) is 6.92 Å². The molecule has 4 nitrogen and oxygen atoms in total. The molecule has 1 N–H and O–H groups in total. The number of aryl methyl sites for hydroxylation is 2. The lowest BCUT2D eigenvalue weighted by Gasteiger charge is -2.08. The van der Waals surface area contributed by atoms with E-state index in [1.165, 1.54) is 5.56 Å². The Labute approximate surface area is 107 Å². The Hall–Kier alpha value is -1.81. The van der Waals surface area contributed by atoms with E-state index in [1.54, 1.807) is 4.68 Å². The normalized spacial score (nSPS) is 10.6. The number of aliphatic hydroxyl groups is 1. The van der Waals surface area contributed by atoms with Gasteiger partial charge in [0.1, 0.15) is 0 Å². The van der Waals surface area contributed by atoms with Crippen LogP contribution in [0.3, 0.4) is 0 Å². The van der Waals surface area contributed by atoms with Crippen LogP contribution in [-0.2, 0) is 20.1 Å². The molecule has 2 rings (SSSR count). The first-order chi connectivity index (χ1) is 8.72. The molecule has 0 bridgehead atoms. The molecule has 0 saturated carbocycles. The Morgan fingerprint density at radius 1 is 1.28 bits per heavy atom. The van der Waals surface area contributed by atoms with E-state index in [0.717, 1.165) is 17.7 Å². The average Bonchev–Trinajstić information content (AvgIpc) is 2.65. The van der Waals surface area contributed by atoms with Crippen LogP contribution in [0.25, 0.3) is 0 Å². The fourth-order valence-corrected chi connectivity index (χ4v) is 1.95. The van der Waals surface area contributed by atoms with Crippen molar-refractivity contribution < 1.29 is 9.84 Å². The molecule has 1 heterocycles. The van der Waals surface area contributed by atoms with Gasteiger partial charge in [0.2, 0.25) is 5.88 Å². The van der Waals surface area contributed by atoms with E-state index in [9.17, 15) is 5.11 Å². The number of aromatic nitrogens is 2. The molecule has 2 aromatic rings. The largest absolute Gasteiger partial charge is 0.477 e. The van der Waals surface area contributed by atoms with Crippen LogP contribution in [0.4, 0.5) is 0 Å². The molecular weight excluding hydrogens is 228 g/mol. The highest BCUT2D eigenvalue weighted by Crippen LogP contribution is 2.21. The zero-order chi connectivity index (χ0) is 13.0. The smallest absolute Gasteiger partial charge is 0.217 e. The maximum Gasteiger partial charge on any atom is 0.217 e. The van der Waals surface area contributed by atoms with E-state index in [1.807, 2.05) is 32.2 Å². The van der Waals surface area contributed by atoms with Crippen LogP contribution < -0.4 is 4.74 Å². The van der Waals surface area contributed by atoms with Crippen molar-refractivity contribution in [3.05, 3.63) is 47.2 Å². The lowest BCUT2D eigenvalue weighted by Crippen LogP contribution is -2.06. The van der Waals surface area contributed by atoms with E-state index in [4.69, 9.17) is 4.74 Å². The molecular formula is C14H18N2O2. The summed E-state index contributed by atoms with van der Waals surface area (Å²) < 4.78 is 7.40. The molecule has 0 saturated heterocycles. The number of nitrogens with zero attached hydrogens (tertiary/aromatic N) is 2. The molecule has 96 valence electrons. The third-order valence-electron chi connectivity index (χ3n) is 2.92. The van der Waals surface area contributed by atoms with Crippen molar-refractivity contribution >= 4 is 0 Å². The summed E-state index contributed by atoms with van der Waals surface area (Å²) in [5.41, 5.74) is 2.82. The van der Waals surface area contributed by atoms with Gasteiger partial charge in [0.15, 0.2) is 0 Å². The Balaban J connectivity index is 1.98. The second-order valence-corrected chi connectivity index (χ2v) is 4.23. The van der Waals surface area contributed by atoms with Crippen LogP contribution >= 0.6 is 0 Å². The van der Waals surface area contributed by atoms with Gasteiger partial charge in [-0.3, -0.25) is 0 Å². The van der Waals surface area contributed by atoms with Crippen molar-refractivity contribution in [3.8, 4) is 5.88 Å². The highest BCUT2D eigenvalue weighted by atomic mass is 16.5. The summed E-state index contributed by atoms with van der Waals surface area (Å²) in [6, 6.07) is 10.2. The number of benzene rings is 1. The SMILES string of the molecule is Cc1nn(C)c(OCCc2ccccc2)c1CO. The Bertz CT molecular complexity index is 506. The minimum atomic E-state index is -0.0413. The van der Waals surface area contributed by atoms with E-state index < -0.39 is 0 Å². The van der Waals surface area contributed by atoms with Gasteiger partial charge >= 0.3 is 0 Å². The van der Waals surface area contributed by atoms with Crippen molar-refractivity contribution in [2.75, 3.05) is 6.61 Å². The van der Waals surface area contributed by atoms with Crippen molar-refractivity contribution in [2.45, 2.75) is 20.0 Å². The van der Waals surface area contributed by atoms with Gasteiger partial charge in [0.25, 0.3) is 0 Å². The number of aliphatic hydroxyl groups excluding tert-OH is 1. The van der Waals surface area contributed by atoms with Gasteiger partial charge in [-0.2, -0.15) is 5.10 Å². The Kier molecular flexibility index (Phi) is 3.99. The summed E-state index contributed by atoms with van der Waals surface area (Å²) in [5, 5.41) is 13.5. The number of hydrogen-bond donors (Lipinski definition) is 1. The molecule has 0 amide bonds. The van der Waals surface area contributed by atoms with Gasteiger partial charge < -0.3 is 9.84 Å². The van der Waals surface area contributed by atoms with Gasteiger partial charge in [-0.15, -0.1) is 0 Å². The fourth-order valence-electron chi connectivity index (χ4n) is 1.95. The van der Waals surface area contributed by atoms with E-state index in [0.29, 0.717) is 12.5 Å². The Morgan fingerprint density at radius 3 is 2.67 bits per heavy atom. The molecule has 0 aliphatic heterocycles. The van der Waals surface area contributed by atoms with Gasteiger partial charge in [-0.05, 0) is 12.5 Å². The summed E-state index contributed by atoms with van der Waals surface area (Å²) in [7, 11) is 1.82. The molecule has 0 fully saturated rings. The maximum absolute atomic E-state index is 9.30. The first kappa shape index (κ1) is 12.6. The van der Waals surface area contributed by atoms with Gasteiger partial charge in [-0.25, -0.2) is 4.68 Å². The molecule has 18 heavy (non-hydrogen) atoms. The topological polar surface area (TPSA) is 47.3 Å². The summed E-state index contributed by atoms with van der Waals surface area (Å²) in [4.78, 5) is 0. The van der Waals surface area contributed by atoms with Crippen LogP contribution in [0.15, 0.2) is 30.3 Å². The lowest BCUT2D eigenvalue weighted by molar-refractivity contribution is 0.255. The van der Waals surface area contributed by atoms with Gasteiger partial charge in [-0.1, -0.05) is 30.3 Å². The molecule has 0 aliphatic rings. The zero-order valence-corrected chi connectivity index (χ0v) is 10.8. The monoisotopic (exact) mass is 246 g/mol. The summed E-state index contributed by atoms with van der Waals surface area (Å²) in [6.07, 6.45) is 0.843. The maximum atomic E-state index is 9.30. The molecule has 0 spiro atoms. The third-order valence-corrected chi connectivity index (χ3v) is 2.92. The average molecular weight is 246 g/mol. The quantitative estimate of drug-likeness (QED) is 0.875. The van der Waals surface area contributed by atoms with Gasteiger partial charge in [0, 0.05) is 13.5 Å². The molecule has 1 aromatic carbocycles. The molecule has 0 radical (unpaired) electrons. The van der Waals surface area contributed by atoms with Crippen LogP contribution in [0.5, 0.6) is 5.88 Å². The highest BCUT2D eigenvalue weighted by Gasteiger charge is 2.13. The van der Waals surface area contributed by atoms with Gasteiger partial charge in [0.05, 0.1) is 24.5 Å². The van der Waals surface area contributed by atoms with Crippen LogP contribution in [0.1, 0.15) is 16.8 Å². The number of ether oxygens (including phenoxy) is 1. The molecule has 0 atom stereocenters. The summed E-state index contributed by atoms with van der Waals surface area (Å²) >= 11 is 0. The molecule has 0 aliphatic carbocycles. The van der Waals surface area contributed by atoms with Crippen molar-refractivity contribution in [1.29, 1.82) is 0 Å². The lowest BCUT2D eigenvalue weighted by atomic mass is 10.2. The first-order valence-electron chi connectivity index (χ1n) is 6.02. The van der Waals surface area contributed by atoms with Crippen LogP contribution in [0.2, 0.25) is 0 Å². The second kappa shape index (κ2) is 5.69. The predicted octanol–water partition coefficient (Wildman–Crippen LogP) is 1.84. The zero-order valence-electron chi connectivity index (χ0n) is 10.8. The van der Waals surface area contributed by atoms with E-state index in [-0.39, 0.29) is 6.61 Å². The van der Waals surface area contributed by atoms with E-state index >= 15 is 0 Å². The number of hydrogen-bond acceptors (Lipinski definition) is 3. The second-order valence-electron chi connectivity index (χ2n) is 4.23. The Morgan fingerprint density at radius 2 is 2.00 bits per heavy atom. The fraction of sp³-hybridized carbons (Fsp3) is 0.357. The molecule has 0 unspecified atom stereocenters. The van der Waals surface area contributed by atoms with Crippen LogP contribution in [-0.4, -0.2) is 21.5 Å². The van der Waals surface area contributed by atoms with Crippen molar-refractivity contribution in [1.82, 2.24) is 9.78 Å². The molecule has 4 heteroatoms.